The van der Waals surface area contributed by atoms with Crippen LogP contribution in [-0.4, -0.2) is 85.8 Å². The zero-order valence-electron chi connectivity index (χ0n) is 23.1. The molecular formula is C27H37N7O6. The molecule has 1 fully saturated rings. The Balaban J connectivity index is 1.26. The van der Waals surface area contributed by atoms with Gasteiger partial charge in [-0.25, -0.2) is 19.7 Å². The van der Waals surface area contributed by atoms with Crippen molar-refractivity contribution in [2.24, 2.45) is 0 Å². The summed E-state index contributed by atoms with van der Waals surface area (Å²) < 4.78 is 12.6. The van der Waals surface area contributed by atoms with E-state index in [9.17, 15) is 19.8 Å². The number of carbonyl (C=O) groups excluding carboxylic acids is 2. The Morgan fingerprint density at radius 1 is 1.07 bits per heavy atom. The molecule has 13 heteroatoms. The molecule has 2 aromatic heterocycles. The number of fused-ring (bicyclic) bond motifs is 1. The first-order chi connectivity index (χ1) is 19.1. The Hall–Kier alpha value is -3.97. The summed E-state index contributed by atoms with van der Waals surface area (Å²) in [5.74, 6) is 0.802. The van der Waals surface area contributed by atoms with Gasteiger partial charge in [0.05, 0.1) is 25.0 Å². The Labute approximate surface area is 232 Å². The van der Waals surface area contributed by atoms with Crippen LogP contribution in [-0.2, 0) is 4.74 Å². The molecule has 1 aromatic carbocycles. The average molecular weight is 556 g/mol. The molecule has 5 N–H and O–H groups in total. The number of aliphatic hydroxyl groups is 2. The fourth-order valence-electron chi connectivity index (χ4n) is 4.62. The van der Waals surface area contributed by atoms with E-state index in [1.165, 1.54) is 6.33 Å². The SMILES string of the molecule is CNc1ncnc2c1ncn2[C@@H]1CC[C@@H](NC(=O)c2ccc(OCCCNC(=O)OC(C)(C)C)cc2)[C@@H](O)[C@@H]1O. The van der Waals surface area contributed by atoms with E-state index in [0.29, 0.717) is 60.7 Å². The molecule has 1 aliphatic rings. The molecule has 2 amide bonds. The third kappa shape index (κ3) is 6.96. The highest BCUT2D eigenvalue weighted by molar-refractivity contribution is 5.94. The number of nitrogens with one attached hydrogen (secondary N) is 3. The largest absolute Gasteiger partial charge is 0.494 e. The van der Waals surface area contributed by atoms with Crippen LogP contribution in [0.25, 0.3) is 11.2 Å². The molecule has 4 atom stereocenters. The van der Waals surface area contributed by atoms with E-state index in [4.69, 9.17) is 9.47 Å². The lowest BCUT2D eigenvalue weighted by Gasteiger charge is -2.38. The Kier molecular flexibility index (Phi) is 9.05. The van der Waals surface area contributed by atoms with Gasteiger partial charge in [-0.2, -0.15) is 0 Å². The van der Waals surface area contributed by atoms with Crippen LogP contribution < -0.4 is 20.7 Å². The van der Waals surface area contributed by atoms with E-state index in [0.717, 1.165) is 0 Å². The Morgan fingerprint density at radius 2 is 1.82 bits per heavy atom. The van der Waals surface area contributed by atoms with Crippen molar-refractivity contribution in [3.63, 3.8) is 0 Å². The number of imidazole rings is 1. The lowest BCUT2D eigenvalue weighted by Crippen LogP contribution is -2.54. The van der Waals surface area contributed by atoms with Crippen molar-refractivity contribution in [3.8, 4) is 5.75 Å². The molecule has 1 aliphatic carbocycles. The maximum atomic E-state index is 12.9. The fraction of sp³-hybridized carbons (Fsp3) is 0.519. The van der Waals surface area contributed by atoms with Crippen LogP contribution in [0.2, 0.25) is 0 Å². The number of hydrogen-bond donors (Lipinski definition) is 5. The van der Waals surface area contributed by atoms with Crippen LogP contribution in [0.4, 0.5) is 10.6 Å². The second-order valence-corrected chi connectivity index (χ2v) is 10.7. The van der Waals surface area contributed by atoms with Crippen molar-refractivity contribution in [2.45, 2.75) is 69.9 Å². The summed E-state index contributed by atoms with van der Waals surface area (Å²) in [5.41, 5.74) is 0.987. The molecular weight excluding hydrogens is 518 g/mol. The van der Waals surface area contributed by atoms with Gasteiger partial charge >= 0.3 is 6.09 Å². The highest BCUT2D eigenvalue weighted by Gasteiger charge is 2.39. The maximum Gasteiger partial charge on any atom is 0.407 e. The second kappa shape index (κ2) is 12.5. The summed E-state index contributed by atoms with van der Waals surface area (Å²) >= 11 is 0. The molecule has 0 aliphatic heterocycles. The fourth-order valence-corrected chi connectivity index (χ4v) is 4.62. The van der Waals surface area contributed by atoms with Gasteiger partial charge in [-0.3, -0.25) is 4.79 Å². The summed E-state index contributed by atoms with van der Waals surface area (Å²) in [6.45, 7) is 6.19. The summed E-state index contributed by atoms with van der Waals surface area (Å²) in [7, 11) is 1.74. The predicted molar refractivity (Wildman–Crippen MR) is 147 cm³/mol. The first kappa shape index (κ1) is 29.0. The first-order valence-corrected chi connectivity index (χ1v) is 13.3. The lowest BCUT2D eigenvalue weighted by molar-refractivity contribution is -0.0552. The van der Waals surface area contributed by atoms with Crippen LogP contribution in [0.1, 0.15) is 56.4 Å². The molecule has 0 saturated heterocycles. The number of benzene rings is 1. The number of ether oxygens (including phenoxy) is 2. The van der Waals surface area contributed by atoms with Crippen LogP contribution in [0.15, 0.2) is 36.9 Å². The molecule has 0 unspecified atom stereocenters. The lowest BCUT2D eigenvalue weighted by atomic mass is 9.85. The van der Waals surface area contributed by atoms with Gasteiger partial charge in [-0.15, -0.1) is 0 Å². The average Bonchev–Trinajstić information content (AvgIpc) is 3.34. The summed E-state index contributed by atoms with van der Waals surface area (Å²) in [6.07, 6.45) is 1.76. The second-order valence-electron chi connectivity index (χ2n) is 10.7. The van der Waals surface area contributed by atoms with E-state index >= 15 is 0 Å². The third-order valence-corrected chi connectivity index (χ3v) is 6.57. The number of hydrogen-bond acceptors (Lipinski definition) is 10. The van der Waals surface area contributed by atoms with Gasteiger partial charge in [0, 0.05) is 19.2 Å². The predicted octanol–water partition coefficient (Wildman–Crippen LogP) is 2.02. The van der Waals surface area contributed by atoms with E-state index in [1.54, 1.807) is 63.0 Å². The van der Waals surface area contributed by atoms with E-state index in [2.05, 4.69) is 30.9 Å². The van der Waals surface area contributed by atoms with E-state index in [-0.39, 0.29) is 5.91 Å². The van der Waals surface area contributed by atoms with Gasteiger partial charge in [0.2, 0.25) is 0 Å². The molecule has 0 radical (unpaired) electrons. The minimum absolute atomic E-state index is 0.359. The molecule has 2 heterocycles. The number of rotatable bonds is 9. The van der Waals surface area contributed by atoms with Crippen molar-refractivity contribution in [1.29, 1.82) is 0 Å². The number of amides is 2. The topological polar surface area (TPSA) is 173 Å². The molecule has 40 heavy (non-hydrogen) atoms. The van der Waals surface area contributed by atoms with Gasteiger partial charge in [-0.05, 0) is 64.3 Å². The minimum atomic E-state index is -1.18. The van der Waals surface area contributed by atoms with Gasteiger partial charge in [-0.1, -0.05) is 0 Å². The maximum absolute atomic E-state index is 12.9. The molecule has 3 aromatic rings. The van der Waals surface area contributed by atoms with Crippen molar-refractivity contribution in [3.05, 3.63) is 42.5 Å². The normalized spacial score (nSPS) is 21.1. The zero-order chi connectivity index (χ0) is 28.9. The van der Waals surface area contributed by atoms with Gasteiger partial charge in [0.25, 0.3) is 5.91 Å². The van der Waals surface area contributed by atoms with E-state index < -0.39 is 36.0 Å². The Bertz CT molecular complexity index is 1310. The highest BCUT2D eigenvalue weighted by atomic mass is 16.6. The van der Waals surface area contributed by atoms with Crippen LogP contribution in [0, 0.1) is 0 Å². The summed E-state index contributed by atoms with van der Waals surface area (Å²) in [5, 5.41) is 30.3. The zero-order valence-corrected chi connectivity index (χ0v) is 23.1. The summed E-state index contributed by atoms with van der Waals surface area (Å²) in [6, 6.07) is 5.56. The summed E-state index contributed by atoms with van der Waals surface area (Å²) in [4.78, 5) is 37.3. The monoisotopic (exact) mass is 555 g/mol. The van der Waals surface area contributed by atoms with Crippen LogP contribution in [0.3, 0.4) is 0 Å². The molecule has 13 nitrogen and oxygen atoms in total. The van der Waals surface area contributed by atoms with Crippen molar-refractivity contribution in [2.75, 3.05) is 25.5 Å². The smallest absolute Gasteiger partial charge is 0.407 e. The van der Waals surface area contributed by atoms with Crippen molar-refractivity contribution in [1.82, 2.24) is 30.2 Å². The standard InChI is InChI=1S/C27H37N7O6/c1-27(2,3)40-26(38)29-12-5-13-39-17-8-6-16(7-9-17)25(37)33-18-10-11-19(22(36)21(18)35)34-15-32-20-23(28-4)30-14-31-24(20)34/h6-9,14-15,18-19,21-22,35-36H,5,10-13H2,1-4H3,(H,29,38)(H,33,37)(H,28,30,31)/t18-,19-,21-,22-/m1/s1. The molecule has 0 spiro atoms. The van der Waals surface area contributed by atoms with Crippen molar-refractivity contribution >= 4 is 29.0 Å². The molecule has 4 rings (SSSR count). The van der Waals surface area contributed by atoms with Crippen LogP contribution >= 0.6 is 0 Å². The quantitative estimate of drug-likeness (QED) is 0.246. The molecule has 1 saturated carbocycles. The van der Waals surface area contributed by atoms with Crippen LogP contribution in [0.5, 0.6) is 5.75 Å². The third-order valence-electron chi connectivity index (χ3n) is 6.57. The molecule has 0 bridgehead atoms. The number of anilines is 1. The molecule has 216 valence electrons. The number of carbonyl (C=O) groups is 2. The van der Waals surface area contributed by atoms with Gasteiger partial charge in [0.1, 0.15) is 35.4 Å². The number of aromatic nitrogens is 4. The Morgan fingerprint density at radius 3 is 2.52 bits per heavy atom. The number of aliphatic hydroxyl groups excluding tert-OH is 2. The van der Waals surface area contributed by atoms with Gasteiger partial charge < -0.3 is 40.2 Å². The minimum Gasteiger partial charge on any atom is -0.494 e. The number of nitrogens with zero attached hydrogens (tertiary/aromatic N) is 4. The van der Waals surface area contributed by atoms with Gasteiger partial charge in [0.15, 0.2) is 11.5 Å². The van der Waals surface area contributed by atoms with E-state index in [1.807, 2.05) is 0 Å². The highest BCUT2D eigenvalue weighted by Crippen LogP contribution is 2.32. The van der Waals surface area contributed by atoms with Crippen molar-refractivity contribution < 1.29 is 29.3 Å². The first-order valence-electron chi connectivity index (χ1n) is 13.3. The number of alkyl carbamates (subject to hydrolysis) is 1.